The highest BCUT2D eigenvalue weighted by molar-refractivity contribution is 7.91. The predicted octanol–water partition coefficient (Wildman–Crippen LogP) is 1.37. The molecule has 0 bridgehead atoms. The molecule has 0 N–H and O–H groups in total. The van der Waals surface area contributed by atoms with Gasteiger partial charge in [-0.3, -0.25) is 0 Å². The third-order valence-corrected chi connectivity index (χ3v) is 6.74. The Bertz CT molecular complexity index is 962. The summed E-state index contributed by atoms with van der Waals surface area (Å²) >= 11 is 0. The van der Waals surface area contributed by atoms with Gasteiger partial charge in [-0.2, -0.15) is 5.10 Å². The maximum atomic E-state index is 12.4. The van der Waals surface area contributed by atoms with Gasteiger partial charge in [0.1, 0.15) is 0 Å². The maximum absolute atomic E-state index is 12.4. The van der Waals surface area contributed by atoms with Gasteiger partial charge in [-0.1, -0.05) is 0 Å². The normalized spacial score (nSPS) is 22.0. The molecule has 0 unspecified atom stereocenters. The molecule has 24 heavy (non-hydrogen) atoms. The van der Waals surface area contributed by atoms with Gasteiger partial charge in [-0.15, -0.1) is 0 Å². The summed E-state index contributed by atoms with van der Waals surface area (Å²) in [7, 11) is -1.65. The van der Waals surface area contributed by atoms with Crippen LogP contribution in [0.25, 0.3) is 11.0 Å². The van der Waals surface area contributed by atoms with E-state index in [-0.39, 0.29) is 23.5 Å². The minimum absolute atomic E-state index is 0.0789. The average Bonchev–Trinajstić information content (AvgIpc) is 3.22. The van der Waals surface area contributed by atoms with Crippen molar-refractivity contribution >= 4 is 26.8 Å². The van der Waals surface area contributed by atoms with Crippen LogP contribution < -0.4 is 0 Å². The van der Waals surface area contributed by atoms with Crippen LogP contribution in [0, 0.1) is 6.92 Å². The second-order valence-corrected chi connectivity index (χ2v) is 8.77. The van der Waals surface area contributed by atoms with Crippen LogP contribution in [0.15, 0.2) is 0 Å². The van der Waals surface area contributed by atoms with E-state index in [4.69, 9.17) is 9.72 Å². The van der Waals surface area contributed by atoms with E-state index in [0.29, 0.717) is 28.7 Å². The van der Waals surface area contributed by atoms with Crippen molar-refractivity contribution in [3.63, 3.8) is 0 Å². The number of aromatic nitrogens is 3. The molecule has 0 amide bonds. The van der Waals surface area contributed by atoms with Crippen molar-refractivity contribution < 1.29 is 17.9 Å². The van der Waals surface area contributed by atoms with E-state index >= 15 is 0 Å². The SMILES string of the molecule is COC(=O)c1c2c(nc3c1c(C)nn3[C@@H]1CCS(=O)(=O)C1)CCC2. The summed E-state index contributed by atoms with van der Waals surface area (Å²) < 4.78 is 30.4. The lowest BCUT2D eigenvalue weighted by molar-refractivity contribution is 0.0601. The Labute approximate surface area is 139 Å². The van der Waals surface area contributed by atoms with Gasteiger partial charge in [0.05, 0.1) is 41.3 Å². The van der Waals surface area contributed by atoms with E-state index in [1.807, 2.05) is 6.92 Å². The number of pyridine rings is 1. The van der Waals surface area contributed by atoms with Crippen molar-refractivity contribution in [2.45, 2.75) is 38.6 Å². The number of hydrogen-bond donors (Lipinski definition) is 0. The number of hydrogen-bond acceptors (Lipinski definition) is 6. The van der Waals surface area contributed by atoms with Gasteiger partial charge >= 0.3 is 5.97 Å². The highest BCUT2D eigenvalue weighted by Gasteiger charge is 2.34. The molecule has 2 aromatic rings. The van der Waals surface area contributed by atoms with Crippen LogP contribution >= 0.6 is 0 Å². The van der Waals surface area contributed by atoms with Crippen molar-refractivity contribution in [3.05, 3.63) is 22.5 Å². The monoisotopic (exact) mass is 349 g/mol. The number of aryl methyl sites for hydroxylation is 2. The third kappa shape index (κ3) is 2.23. The number of ether oxygens (including phenoxy) is 1. The molecule has 2 aliphatic rings. The zero-order valence-corrected chi connectivity index (χ0v) is 14.5. The van der Waals surface area contributed by atoms with E-state index in [0.717, 1.165) is 30.5 Å². The van der Waals surface area contributed by atoms with Crippen molar-refractivity contribution in [2.24, 2.45) is 0 Å². The Morgan fingerprint density at radius 2 is 2.12 bits per heavy atom. The van der Waals surface area contributed by atoms with E-state index < -0.39 is 9.84 Å². The molecule has 3 heterocycles. The van der Waals surface area contributed by atoms with Crippen LogP contribution in [0.2, 0.25) is 0 Å². The van der Waals surface area contributed by atoms with Crippen molar-refractivity contribution in [3.8, 4) is 0 Å². The van der Waals surface area contributed by atoms with Crippen molar-refractivity contribution in [1.29, 1.82) is 0 Å². The average molecular weight is 349 g/mol. The number of fused-ring (bicyclic) bond motifs is 2. The van der Waals surface area contributed by atoms with Gasteiger partial charge in [0, 0.05) is 5.69 Å². The number of nitrogens with zero attached hydrogens (tertiary/aromatic N) is 3. The Morgan fingerprint density at radius 3 is 2.79 bits per heavy atom. The molecule has 8 heteroatoms. The van der Waals surface area contributed by atoms with Crippen molar-refractivity contribution in [1.82, 2.24) is 14.8 Å². The lowest BCUT2D eigenvalue weighted by Gasteiger charge is -2.12. The van der Waals surface area contributed by atoms with E-state index in [1.165, 1.54) is 7.11 Å². The first-order valence-corrected chi connectivity index (χ1v) is 9.92. The molecule has 1 aliphatic carbocycles. The minimum Gasteiger partial charge on any atom is -0.465 e. The Balaban J connectivity index is 1.98. The molecule has 128 valence electrons. The fraction of sp³-hybridized carbons (Fsp3) is 0.562. The topological polar surface area (TPSA) is 91.2 Å². The molecule has 0 aromatic carbocycles. The zero-order valence-electron chi connectivity index (χ0n) is 13.7. The number of rotatable bonds is 2. The fourth-order valence-electron chi connectivity index (χ4n) is 3.88. The van der Waals surface area contributed by atoms with Crippen LogP contribution in [0.4, 0.5) is 0 Å². The number of sulfone groups is 1. The van der Waals surface area contributed by atoms with Gasteiger partial charge < -0.3 is 4.74 Å². The summed E-state index contributed by atoms with van der Waals surface area (Å²) in [5.41, 5.74) is 3.72. The molecular weight excluding hydrogens is 330 g/mol. The smallest absolute Gasteiger partial charge is 0.339 e. The molecule has 1 atom stereocenters. The first-order valence-electron chi connectivity index (χ1n) is 8.10. The number of carbonyl (C=O) groups excluding carboxylic acids is 1. The van der Waals surface area contributed by atoms with Gasteiger partial charge in [0.15, 0.2) is 15.5 Å². The van der Waals surface area contributed by atoms with Crippen LogP contribution in [0.3, 0.4) is 0 Å². The Hall–Kier alpha value is -1.96. The highest BCUT2D eigenvalue weighted by Crippen LogP contribution is 2.34. The third-order valence-electron chi connectivity index (χ3n) is 4.99. The summed E-state index contributed by atoms with van der Waals surface area (Å²) in [6, 6.07) is -0.219. The molecule has 0 radical (unpaired) electrons. The highest BCUT2D eigenvalue weighted by atomic mass is 32.2. The molecule has 2 aromatic heterocycles. The second-order valence-electron chi connectivity index (χ2n) is 6.54. The number of carbonyl (C=O) groups is 1. The summed E-state index contributed by atoms with van der Waals surface area (Å²) in [5, 5.41) is 5.24. The maximum Gasteiger partial charge on any atom is 0.339 e. The van der Waals surface area contributed by atoms with Gasteiger partial charge in [-0.25, -0.2) is 22.9 Å². The minimum atomic E-state index is -3.03. The van der Waals surface area contributed by atoms with E-state index in [9.17, 15) is 13.2 Å². The van der Waals surface area contributed by atoms with Gasteiger partial charge in [-0.05, 0) is 38.2 Å². The van der Waals surface area contributed by atoms with Gasteiger partial charge in [0.25, 0.3) is 0 Å². The molecule has 0 spiro atoms. The van der Waals surface area contributed by atoms with Crippen LogP contribution in [0.5, 0.6) is 0 Å². The molecule has 1 fully saturated rings. The fourth-order valence-corrected chi connectivity index (χ4v) is 5.58. The first kappa shape index (κ1) is 15.6. The number of esters is 1. The van der Waals surface area contributed by atoms with Crippen LogP contribution in [-0.4, -0.2) is 47.8 Å². The molecule has 1 saturated heterocycles. The van der Waals surface area contributed by atoms with Crippen LogP contribution in [-0.2, 0) is 27.4 Å². The zero-order chi connectivity index (χ0) is 17.1. The lowest BCUT2D eigenvalue weighted by atomic mass is 10.0. The number of methoxy groups -OCH3 is 1. The van der Waals surface area contributed by atoms with E-state index in [1.54, 1.807) is 4.68 Å². The summed E-state index contributed by atoms with van der Waals surface area (Å²) in [6.07, 6.45) is 3.13. The largest absolute Gasteiger partial charge is 0.465 e. The quantitative estimate of drug-likeness (QED) is 0.761. The molecule has 7 nitrogen and oxygen atoms in total. The molecular formula is C16H19N3O4S. The molecule has 4 rings (SSSR count). The summed E-state index contributed by atoms with van der Waals surface area (Å²) in [4.78, 5) is 17.1. The lowest BCUT2D eigenvalue weighted by Crippen LogP contribution is -2.14. The summed E-state index contributed by atoms with van der Waals surface area (Å²) in [5.74, 6) is -0.121. The Morgan fingerprint density at radius 1 is 1.33 bits per heavy atom. The standard InChI is InChI=1S/C16H19N3O4S/c1-9-13-14(16(20)23-2)11-4-3-5-12(11)17-15(13)19(18-9)10-6-7-24(21,22)8-10/h10H,3-8H2,1-2H3/t10-/m1/s1. The van der Waals surface area contributed by atoms with E-state index in [2.05, 4.69) is 5.10 Å². The molecule has 1 aliphatic heterocycles. The van der Waals surface area contributed by atoms with Crippen LogP contribution in [0.1, 0.15) is 46.2 Å². The predicted molar refractivity (Wildman–Crippen MR) is 87.9 cm³/mol. The Kier molecular flexibility index (Phi) is 3.42. The van der Waals surface area contributed by atoms with Crippen molar-refractivity contribution in [2.75, 3.05) is 18.6 Å². The molecule has 0 saturated carbocycles. The summed E-state index contributed by atoms with van der Waals surface area (Å²) in [6.45, 7) is 1.83. The first-order chi connectivity index (χ1) is 11.4. The van der Waals surface area contributed by atoms with Gasteiger partial charge in [0.2, 0.25) is 0 Å². The second kappa shape index (κ2) is 5.27.